The van der Waals surface area contributed by atoms with Gasteiger partial charge in [-0.05, 0) is 12.1 Å². The number of nitrogens with two attached hydrogens (primary N) is 1. The fourth-order valence-electron chi connectivity index (χ4n) is 3.02. The van der Waals surface area contributed by atoms with Crippen LogP contribution in [0.1, 0.15) is 17.4 Å². The summed E-state index contributed by atoms with van der Waals surface area (Å²) in [5.41, 5.74) is 6.27. The van der Waals surface area contributed by atoms with E-state index in [2.05, 4.69) is 15.6 Å². The Kier molecular flexibility index (Phi) is 11.4. The van der Waals surface area contributed by atoms with Crippen LogP contribution in [0.3, 0.4) is 0 Å². The number of nitrogens with zero attached hydrogens (tertiary/aromatic N) is 1. The summed E-state index contributed by atoms with van der Waals surface area (Å²) >= 11 is 0. The molecule has 0 saturated carbocycles. The lowest BCUT2D eigenvalue weighted by molar-refractivity contribution is -0.272. The molecule has 2 heterocycles. The predicted octanol–water partition coefficient (Wildman–Crippen LogP) is -2.61. The second-order valence-electron chi connectivity index (χ2n) is 7.26. The molecule has 2 rings (SSSR count). The number of hydrogen-bond donors (Lipinski definition) is 6. The fourth-order valence-corrected chi connectivity index (χ4v) is 3.02. The topological polar surface area (TPSA) is 195 Å². The van der Waals surface area contributed by atoms with E-state index in [1.165, 1.54) is 19.2 Å². The number of aliphatic hydroxyl groups is 3. The molecule has 1 aliphatic heterocycles. The minimum atomic E-state index is -1.37. The van der Waals surface area contributed by atoms with Crippen LogP contribution >= 0.6 is 0 Å². The Labute approximate surface area is 191 Å². The number of nitrogens with one attached hydrogen (secondary N) is 2. The molecule has 13 nitrogen and oxygen atoms in total. The number of anilines is 1. The molecule has 0 bridgehead atoms. The van der Waals surface area contributed by atoms with Crippen molar-refractivity contribution < 1.29 is 43.9 Å². The summed E-state index contributed by atoms with van der Waals surface area (Å²) in [6.45, 7) is 2.16. The molecular weight excluding hydrogens is 440 g/mol. The highest BCUT2D eigenvalue weighted by Gasteiger charge is 2.45. The van der Waals surface area contributed by atoms with Gasteiger partial charge in [-0.1, -0.05) is 0 Å². The molecule has 1 saturated heterocycles. The largest absolute Gasteiger partial charge is 0.397 e. The summed E-state index contributed by atoms with van der Waals surface area (Å²) in [7, 11) is 0. The molecular formula is C20H32N4O9. The van der Waals surface area contributed by atoms with E-state index < -0.39 is 43.2 Å². The molecule has 3 unspecified atom stereocenters. The van der Waals surface area contributed by atoms with Crippen molar-refractivity contribution >= 4 is 17.5 Å². The van der Waals surface area contributed by atoms with Gasteiger partial charge in [0.15, 0.2) is 6.29 Å². The van der Waals surface area contributed by atoms with Crippen LogP contribution in [0, 0.1) is 0 Å². The Bertz CT molecular complexity index is 737. The van der Waals surface area contributed by atoms with E-state index in [4.69, 9.17) is 24.7 Å². The van der Waals surface area contributed by atoms with Crippen LogP contribution < -0.4 is 16.4 Å². The number of ether oxygens (including phenoxy) is 4. The van der Waals surface area contributed by atoms with E-state index >= 15 is 0 Å². The van der Waals surface area contributed by atoms with Gasteiger partial charge in [-0.15, -0.1) is 0 Å². The normalized spacial score (nSPS) is 24.9. The van der Waals surface area contributed by atoms with Gasteiger partial charge in [0.1, 0.15) is 30.0 Å². The highest BCUT2D eigenvalue weighted by molar-refractivity contribution is 5.92. The Morgan fingerprint density at radius 2 is 1.82 bits per heavy atom. The lowest BCUT2D eigenvalue weighted by Gasteiger charge is -2.42. The minimum Gasteiger partial charge on any atom is -0.397 e. The standard InChI is InChI=1S/C20H32N4O9/c1-12(26)24-16-18(28)17(27)15(11-25)33-20(16)32-9-8-31-7-6-30-5-4-22-19(29)14-3-2-13(21)10-23-14/h2-3,10,15-18,20,25,27-28H,4-9,11,21H2,1H3,(H,22,29)(H,24,26)/t15?,16?,17-,18?,20+/m0/s1. The summed E-state index contributed by atoms with van der Waals surface area (Å²) in [6, 6.07) is 2.13. The number of rotatable bonds is 13. The molecule has 1 fully saturated rings. The second kappa shape index (κ2) is 14.0. The Balaban J connectivity index is 1.56. The van der Waals surface area contributed by atoms with Crippen molar-refractivity contribution in [2.75, 3.05) is 51.9 Å². The zero-order valence-electron chi connectivity index (χ0n) is 18.4. The van der Waals surface area contributed by atoms with Gasteiger partial charge in [0, 0.05) is 13.5 Å². The molecule has 13 heteroatoms. The summed E-state index contributed by atoms with van der Waals surface area (Å²) in [6.07, 6.45) is -3.43. The van der Waals surface area contributed by atoms with Gasteiger partial charge in [-0.25, -0.2) is 4.98 Å². The summed E-state index contributed by atoms with van der Waals surface area (Å²) < 4.78 is 21.7. The van der Waals surface area contributed by atoms with Crippen LogP contribution in [0.5, 0.6) is 0 Å². The number of aromatic nitrogens is 1. The van der Waals surface area contributed by atoms with Crippen LogP contribution in [0.4, 0.5) is 5.69 Å². The average Bonchev–Trinajstić information content (AvgIpc) is 2.79. The molecule has 5 atom stereocenters. The van der Waals surface area contributed by atoms with Crippen molar-refractivity contribution in [3.05, 3.63) is 24.0 Å². The Morgan fingerprint density at radius 1 is 1.12 bits per heavy atom. The van der Waals surface area contributed by atoms with E-state index in [1.54, 1.807) is 6.07 Å². The maximum atomic E-state index is 11.9. The maximum Gasteiger partial charge on any atom is 0.269 e. The second-order valence-corrected chi connectivity index (χ2v) is 7.26. The number of aliphatic hydroxyl groups excluding tert-OH is 3. The number of carbonyl (C=O) groups excluding carboxylic acids is 2. The first-order valence-electron chi connectivity index (χ1n) is 10.5. The molecule has 1 aromatic rings. The van der Waals surface area contributed by atoms with Crippen LogP contribution in [0.25, 0.3) is 0 Å². The van der Waals surface area contributed by atoms with Gasteiger partial charge in [0.2, 0.25) is 5.91 Å². The van der Waals surface area contributed by atoms with Gasteiger partial charge in [0.05, 0.1) is 51.5 Å². The Morgan fingerprint density at radius 3 is 2.45 bits per heavy atom. The Hall–Kier alpha value is -2.39. The van der Waals surface area contributed by atoms with E-state index in [0.29, 0.717) is 18.8 Å². The molecule has 7 N–H and O–H groups in total. The smallest absolute Gasteiger partial charge is 0.269 e. The van der Waals surface area contributed by atoms with Crippen molar-refractivity contribution in [3.63, 3.8) is 0 Å². The molecule has 186 valence electrons. The number of carbonyl (C=O) groups is 2. The molecule has 33 heavy (non-hydrogen) atoms. The van der Waals surface area contributed by atoms with Crippen molar-refractivity contribution in [2.24, 2.45) is 0 Å². The number of nitrogen functional groups attached to an aromatic ring is 1. The molecule has 0 radical (unpaired) electrons. The molecule has 0 aliphatic carbocycles. The number of hydrogen-bond acceptors (Lipinski definition) is 11. The zero-order chi connectivity index (χ0) is 24.2. The first-order chi connectivity index (χ1) is 15.8. The first kappa shape index (κ1) is 26.9. The summed E-state index contributed by atoms with van der Waals surface area (Å²) in [5.74, 6) is -0.754. The van der Waals surface area contributed by atoms with Crippen molar-refractivity contribution in [1.29, 1.82) is 0 Å². The lowest BCUT2D eigenvalue weighted by atomic mass is 9.97. The minimum absolute atomic E-state index is 0.0758. The van der Waals surface area contributed by atoms with E-state index in [-0.39, 0.29) is 38.0 Å². The molecule has 2 amide bonds. The third kappa shape index (κ3) is 8.81. The van der Waals surface area contributed by atoms with Gasteiger partial charge in [-0.3, -0.25) is 9.59 Å². The maximum absolute atomic E-state index is 11.9. The van der Waals surface area contributed by atoms with Gasteiger partial charge in [-0.2, -0.15) is 0 Å². The SMILES string of the molecule is CC(=O)NC1C(O)[C@@H](O)C(CO)O[C@H]1OCCOCCOCCNC(=O)c1ccc(N)cn1. The zero-order valence-corrected chi connectivity index (χ0v) is 18.4. The average molecular weight is 472 g/mol. The molecule has 1 aromatic heterocycles. The third-order valence-electron chi connectivity index (χ3n) is 4.68. The summed E-state index contributed by atoms with van der Waals surface area (Å²) in [5, 5.41) is 34.6. The highest BCUT2D eigenvalue weighted by Crippen LogP contribution is 2.22. The molecule has 1 aliphatic rings. The van der Waals surface area contributed by atoms with Gasteiger partial charge in [0.25, 0.3) is 5.91 Å². The van der Waals surface area contributed by atoms with Crippen LogP contribution in [-0.4, -0.2) is 109 Å². The van der Waals surface area contributed by atoms with Crippen LogP contribution in [-0.2, 0) is 23.7 Å². The number of pyridine rings is 1. The summed E-state index contributed by atoms with van der Waals surface area (Å²) in [4.78, 5) is 27.2. The highest BCUT2D eigenvalue weighted by atomic mass is 16.7. The fraction of sp³-hybridized carbons (Fsp3) is 0.650. The predicted molar refractivity (Wildman–Crippen MR) is 114 cm³/mol. The van der Waals surface area contributed by atoms with Crippen molar-refractivity contribution in [1.82, 2.24) is 15.6 Å². The molecule has 0 aromatic carbocycles. The van der Waals surface area contributed by atoms with E-state index in [9.17, 15) is 24.9 Å². The quantitative estimate of drug-likeness (QED) is 0.165. The monoisotopic (exact) mass is 472 g/mol. The van der Waals surface area contributed by atoms with E-state index in [1.807, 2.05) is 0 Å². The number of amides is 2. The van der Waals surface area contributed by atoms with Gasteiger partial charge < -0.3 is 50.6 Å². The van der Waals surface area contributed by atoms with Crippen LogP contribution in [0.15, 0.2) is 18.3 Å². The van der Waals surface area contributed by atoms with E-state index in [0.717, 1.165) is 0 Å². The first-order valence-corrected chi connectivity index (χ1v) is 10.5. The third-order valence-corrected chi connectivity index (χ3v) is 4.68. The molecule has 0 spiro atoms. The lowest BCUT2D eigenvalue weighted by Crippen LogP contribution is -2.64. The van der Waals surface area contributed by atoms with Crippen molar-refractivity contribution in [2.45, 2.75) is 37.6 Å². The van der Waals surface area contributed by atoms with Gasteiger partial charge >= 0.3 is 0 Å². The van der Waals surface area contributed by atoms with Crippen LogP contribution in [0.2, 0.25) is 0 Å². The van der Waals surface area contributed by atoms with Crippen molar-refractivity contribution in [3.8, 4) is 0 Å².